The van der Waals surface area contributed by atoms with Gasteiger partial charge in [0.15, 0.2) is 23.0 Å². The SMILES string of the molecule is COCC(C)(CNC(=O)c1cccc2c1OCO2)NC(=O)c1cccc2c1OCO2. The fourth-order valence-corrected chi connectivity index (χ4v) is 3.38. The molecule has 0 aromatic heterocycles. The van der Waals surface area contributed by atoms with Gasteiger partial charge in [0.1, 0.15) is 0 Å². The number of rotatable bonds is 7. The van der Waals surface area contributed by atoms with Crippen molar-refractivity contribution in [1.82, 2.24) is 10.6 Å². The molecule has 0 bridgehead atoms. The van der Waals surface area contributed by atoms with Gasteiger partial charge in [0.05, 0.1) is 23.3 Å². The van der Waals surface area contributed by atoms with E-state index in [2.05, 4.69) is 10.6 Å². The smallest absolute Gasteiger partial charge is 0.255 e. The Kier molecular flexibility index (Phi) is 5.37. The lowest BCUT2D eigenvalue weighted by atomic mass is 10.0. The van der Waals surface area contributed by atoms with Crippen LogP contribution in [-0.4, -0.2) is 51.2 Å². The second-order valence-corrected chi connectivity index (χ2v) is 7.21. The van der Waals surface area contributed by atoms with Gasteiger partial charge < -0.3 is 34.3 Å². The number of methoxy groups -OCH3 is 1. The molecule has 2 heterocycles. The van der Waals surface area contributed by atoms with E-state index < -0.39 is 5.54 Å². The molecule has 2 N–H and O–H groups in total. The summed E-state index contributed by atoms with van der Waals surface area (Å²) < 4.78 is 26.7. The summed E-state index contributed by atoms with van der Waals surface area (Å²) in [6, 6.07) is 10.2. The third-order valence-corrected chi connectivity index (χ3v) is 4.80. The molecule has 2 aliphatic heterocycles. The number of hydrogen-bond donors (Lipinski definition) is 2. The highest BCUT2D eigenvalue weighted by molar-refractivity contribution is 5.99. The van der Waals surface area contributed by atoms with Crippen molar-refractivity contribution in [2.24, 2.45) is 0 Å². The lowest BCUT2D eigenvalue weighted by Crippen LogP contribution is -2.56. The maximum atomic E-state index is 12.9. The van der Waals surface area contributed by atoms with Crippen LogP contribution in [0, 0.1) is 0 Å². The van der Waals surface area contributed by atoms with Crippen molar-refractivity contribution in [3.63, 3.8) is 0 Å². The Bertz CT molecular complexity index is 978. The molecule has 9 nitrogen and oxygen atoms in total. The van der Waals surface area contributed by atoms with Crippen LogP contribution < -0.4 is 29.6 Å². The van der Waals surface area contributed by atoms with E-state index in [4.69, 9.17) is 23.7 Å². The fourth-order valence-electron chi connectivity index (χ4n) is 3.38. The highest BCUT2D eigenvalue weighted by atomic mass is 16.7. The maximum absolute atomic E-state index is 12.9. The van der Waals surface area contributed by atoms with E-state index in [0.29, 0.717) is 34.1 Å². The Morgan fingerprint density at radius 2 is 1.50 bits per heavy atom. The average molecular weight is 414 g/mol. The number of carbonyl (C=O) groups is 2. The first-order chi connectivity index (χ1) is 14.5. The second-order valence-electron chi connectivity index (χ2n) is 7.21. The molecule has 2 aromatic carbocycles. The van der Waals surface area contributed by atoms with Crippen LogP contribution in [0.4, 0.5) is 0 Å². The third kappa shape index (κ3) is 3.84. The molecular formula is C21H22N2O7. The molecule has 0 fully saturated rings. The number of fused-ring (bicyclic) bond motifs is 2. The summed E-state index contributed by atoms with van der Waals surface area (Å²) in [6.45, 7) is 2.23. The third-order valence-electron chi connectivity index (χ3n) is 4.80. The Hall–Kier alpha value is -3.46. The molecule has 9 heteroatoms. The molecule has 0 aliphatic carbocycles. The summed E-state index contributed by atoms with van der Waals surface area (Å²) >= 11 is 0. The molecular weight excluding hydrogens is 392 g/mol. The van der Waals surface area contributed by atoms with Gasteiger partial charge in [0.2, 0.25) is 13.6 Å². The molecule has 0 saturated heterocycles. The summed E-state index contributed by atoms with van der Waals surface area (Å²) in [7, 11) is 1.53. The predicted octanol–water partition coefficient (Wildman–Crippen LogP) is 1.71. The quantitative estimate of drug-likeness (QED) is 0.711. The van der Waals surface area contributed by atoms with Crippen molar-refractivity contribution < 1.29 is 33.3 Å². The van der Waals surface area contributed by atoms with Crippen molar-refractivity contribution in [3.05, 3.63) is 47.5 Å². The van der Waals surface area contributed by atoms with E-state index >= 15 is 0 Å². The minimum Gasteiger partial charge on any atom is -0.454 e. The largest absolute Gasteiger partial charge is 0.454 e. The summed E-state index contributed by atoms with van der Waals surface area (Å²) in [5, 5.41) is 5.77. The molecule has 2 amide bonds. The molecule has 2 aliphatic rings. The molecule has 0 saturated carbocycles. The van der Waals surface area contributed by atoms with Gasteiger partial charge in [-0.2, -0.15) is 0 Å². The van der Waals surface area contributed by atoms with Crippen LogP contribution in [0.2, 0.25) is 0 Å². The second kappa shape index (κ2) is 8.11. The van der Waals surface area contributed by atoms with E-state index in [-0.39, 0.29) is 38.6 Å². The first-order valence-electron chi connectivity index (χ1n) is 9.38. The standard InChI is InChI=1S/C21H22N2O7/c1-21(10-26-2,23-20(25)14-6-4-8-16-18(14)30-12-28-16)9-22-19(24)13-5-3-7-15-17(13)29-11-27-15/h3-8H,9-12H2,1-2H3,(H,22,24)(H,23,25). The van der Waals surface area contributed by atoms with E-state index in [0.717, 1.165) is 0 Å². The van der Waals surface area contributed by atoms with Crippen molar-refractivity contribution in [3.8, 4) is 23.0 Å². The lowest BCUT2D eigenvalue weighted by molar-refractivity contribution is 0.0752. The van der Waals surface area contributed by atoms with Gasteiger partial charge in [-0.05, 0) is 31.2 Å². The predicted molar refractivity (Wildman–Crippen MR) is 105 cm³/mol. The number of carbonyl (C=O) groups excluding carboxylic acids is 2. The topological polar surface area (TPSA) is 104 Å². The van der Waals surface area contributed by atoms with Crippen LogP contribution in [-0.2, 0) is 4.74 Å². The molecule has 30 heavy (non-hydrogen) atoms. The maximum Gasteiger partial charge on any atom is 0.255 e. The van der Waals surface area contributed by atoms with Crippen molar-refractivity contribution in [2.45, 2.75) is 12.5 Å². The summed E-state index contributed by atoms with van der Waals surface area (Å²) in [5.74, 6) is 1.15. The van der Waals surface area contributed by atoms with Gasteiger partial charge >= 0.3 is 0 Å². The van der Waals surface area contributed by atoms with Crippen molar-refractivity contribution in [1.29, 1.82) is 0 Å². The first kappa shape index (κ1) is 19.8. The van der Waals surface area contributed by atoms with Crippen LogP contribution in [0.1, 0.15) is 27.6 Å². The van der Waals surface area contributed by atoms with E-state index in [1.54, 1.807) is 43.3 Å². The fraction of sp³-hybridized carbons (Fsp3) is 0.333. The van der Waals surface area contributed by atoms with Gasteiger partial charge in [-0.1, -0.05) is 12.1 Å². The number of amides is 2. The zero-order valence-corrected chi connectivity index (χ0v) is 16.7. The van der Waals surface area contributed by atoms with E-state index in [1.807, 2.05) is 0 Å². The molecule has 1 atom stereocenters. The highest BCUT2D eigenvalue weighted by Crippen LogP contribution is 2.36. The van der Waals surface area contributed by atoms with Crippen molar-refractivity contribution in [2.75, 3.05) is 33.8 Å². The summed E-state index contributed by atoms with van der Waals surface area (Å²) in [6.07, 6.45) is 0. The van der Waals surface area contributed by atoms with Crippen LogP contribution >= 0.6 is 0 Å². The van der Waals surface area contributed by atoms with E-state index in [1.165, 1.54) is 7.11 Å². The number of nitrogens with one attached hydrogen (secondary N) is 2. The normalized spacial score (nSPS) is 15.4. The van der Waals surface area contributed by atoms with Crippen molar-refractivity contribution >= 4 is 11.8 Å². The van der Waals surface area contributed by atoms with Gasteiger partial charge in [-0.15, -0.1) is 0 Å². The van der Waals surface area contributed by atoms with Crippen LogP contribution in [0.5, 0.6) is 23.0 Å². The zero-order chi connectivity index (χ0) is 21.1. The molecule has 0 radical (unpaired) electrons. The van der Waals surface area contributed by atoms with Crippen LogP contribution in [0.25, 0.3) is 0 Å². The molecule has 4 rings (SSSR count). The first-order valence-corrected chi connectivity index (χ1v) is 9.38. The minimum absolute atomic E-state index is 0.0677. The molecule has 1 unspecified atom stereocenters. The molecule has 2 aromatic rings. The van der Waals surface area contributed by atoms with E-state index in [9.17, 15) is 9.59 Å². The van der Waals surface area contributed by atoms with Gasteiger partial charge in [0, 0.05) is 13.7 Å². The number of para-hydroxylation sites is 2. The van der Waals surface area contributed by atoms with Crippen LogP contribution in [0.3, 0.4) is 0 Å². The average Bonchev–Trinajstić information content (AvgIpc) is 3.40. The summed E-state index contributed by atoms with van der Waals surface area (Å²) in [5.41, 5.74) is -0.161. The Morgan fingerprint density at radius 1 is 0.933 bits per heavy atom. The van der Waals surface area contributed by atoms with Gasteiger partial charge in [-0.25, -0.2) is 0 Å². The Labute approximate surface area is 173 Å². The lowest BCUT2D eigenvalue weighted by Gasteiger charge is -2.30. The monoisotopic (exact) mass is 414 g/mol. The zero-order valence-electron chi connectivity index (χ0n) is 16.7. The van der Waals surface area contributed by atoms with Crippen LogP contribution in [0.15, 0.2) is 36.4 Å². The summed E-state index contributed by atoms with van der Waals surface area (Å²) in [4.78, 5) is 25.6. The van der Waals surface area contributed by atoms with Gasteiger partial charge in [0.25, 0.3) is 11.8 Å². The molecule has 158 valence electrons. The number of hydrogen-bond acceptors (Lipinski definition) is 7. The van der Waals surface area contributed by atoms with Gasteiger partial charge in [-0.3, -0.25) is 9.59 Å². The Morgan fingerprint density at radius 3 is 2.07 bits per heavy atom. The number of ether oxygens (including phenoxy) is 5. The number of benzene rings is 2. The highest BCUT2D eigenvalue weighted by Gasteiger charge is 2.31. The molecule has 0 spiro atoms. The minimum atomic E-state index is -0.876. The Balaban J connectivity index is 1.47.